The second-order valence-electron chi connectivity index (χ2n) is 3.94. The summed E-state index contributed by atoms with van der Waals surface area (Å²) in [7, 11) is 0. The molecule has 0 bridgehead atoms. The van der Waals surface area contributed by atoms with Crippen LogP contribution >= 0.6 is 11.6 Å². The average molecular weight is 257 g/mol. The standard InChI is InChI=1S/C14H21ClO2/c1-2-16-12-14(15)9-6-10-17-11-13-7-4-3-5-8-13/h3-5,7-8,14H,2,6,9-12H2,1H3. The van der Waals surface area contributed by atoms with Crippen molar-refractivity contribution in [1.82, 2.24) is 0 Å². The molecule has 1 atom stereocenters. The zero-order valence-corrected chi connectivity index (χ0v) is 11.2. The van der Waals surface area contributed by atoms with E-state index in [2.05, 4.69) is 12.1 Å². The molecule has 0 aromatic heterocycles. The van der Waals surface area contributed by atoms with Crippen LogP contribution in [0.3, 0.4) is 0 Å². The van der Waals surface area contributed by atoms with Gasteiger partial charge in [-0.05, 0) is 25.3 Å². The summed E-state index contributed by atoms with van der Waals surface area (Å²) in [6.07, 6.45) is 1.92. The second kappa shape index (κ2) is 9.46. The molecule has 0 saturated heterocycles. The molecule has 1 aromatic carbocycles. The summed E-state index contributed by atoms with van der Waals surface area (Å²) in [5.74, 6) is 0. The van der Waals surface area contributed by atoms with E-state index in [9.17, 15) is 0 Å². The molecule has 3 heteroatoms. The van der Waals surface area contributed by atoms with Crippen LogP contribution in [0.2, 0.25) is 0 Å². The Morgan fingerprint density at radius 2 is 1.94 bits per heavy atom. The lowest BCUT2D eigenvalue weighted by Crippen LogP contribution is -2.10. The quantitative estimate of drug-likeness (QED) is 0.496. The highest BCUT2D eigenvalue weighted by Gasteiger charge is 2.03. The van der Waals surface area contributed by atoms with E-state index in [0.29, 0.717) is 13.2 Å². The van der Waals surface area contributed by atoms with E-state index in [1.807, 2.05) is 25.1 Å². The maximum absolute atomic E-state index is 6.07. The lowest BCUT2D eigenvalue weighted by molar-refractivity contribution is 0.110. The van der Waals surface area contributed by atoms with Gasteiger partial charge >= 0.3 is 0 Å². The number of rotatable bonds is 9. The van der Waals surface area contributed by atoms with Gasteiger partial charge in [0.25, 0.3) is 0 Å². The number of alkyl halides is 1. The van der Waals surface area contributed by atoms with E-state index in [1.54, 1.807) is 0 Å². The first-order valence-corrected chi connectivity index (χ1v) is 6.60. The van der Waals surface area contributed by atoms with Crippen molar-refractivity contribution in [2.45, 2.75) is 31.7 Å². The average Bonchev–Trinajstić information content (AvgIpc) is 2.37. The van der Waals surface area contributed by atoms with Crippen molar-refractivity contribution in [1.29, 1.82) is 0 Å². The number of halogens is 1. The Morgan fingerprint density at radius 3 is 2.65 bits per heavy atom. The van der Waals surface area contributed by atoms with Crippen LogP contribution < -0.4 is 0 Å². The van der Waals surface area contributed by atoms with Gasteiger partial charge in [-0.15, -0.1) is 11.6 Å². The summed E-state index contributed by atoms with van der Waals surface area (Å²) < 4.78 is 10.8. The molecule has 0 amide bonds. The molecular formula is C14H21ClO2. The number of benzene rings is 1. The van der Waals surface area contributed by atoms with Crippen molar-refractivity contribution < 1.29 is 9.47 Å². The molecule has 0 fully saturated rings. The minimum absolute atomic E-state index is 0.107. The van der Waals surface area contributed by atoms with Gasteiger partial charge in [0.1, 0.15) is 0 Å². The largest absolute Gasteiger partial charge is 0.380 e. The Hall–Kier alpha value is -0.570. The van der Waals surface area contributed by atoms with Crippen molar-refractivity contribution >= 4 is 11.6 Å². The van der Waals surface area contributed by atoms with Gasteiger partial charge in [0.05, 0.1) is 18.6 Å². The Bertz CT molecular complexity index is 277. The topological polar surface area (TPSA) is 18.5 Å². The van der Waals surface area contributed by atoms with Crippen LogP contribution in [0.15, 0.2) is 30.3 Å². The van der Waals surface area contributed by atoms with E-state index >= 15 is 0 Å². The van der Waals surface area contributed by atoms with Crippen molar-refractivity contribution in [2.24, 2.45) is 0 Å². The molecule has 0 N–H and O–H groups in total. The van der Waals surface area contributed by atoms with Crippen molar-refractivity contribution in [2.75, 3.05) is 19.8 Å². The number of hydrogen-bond donors (Lipinski definition) is 0. The minimum atomic E-state index is 0.107. The second-order valence-corrected chi connectivity index (χ2v) is 4.55. The summed E-state index contributed by atoms with van der Waals surface area (Å²) in [5, 5.41) is 0.107. The van der Waals surface area contributed by atoms with Gasteiger partial charge in [0.15, 0.2) is 0 Å². The third kappa shape index (κ3) is 7.37. The molecule has 0 radical (unpaired) electrons. The predicted octanol–water partition coefficient (Wildman–Crippen LogP) is 3.63. The summed E-state index contributed by atoms with van der Waals surface area (Å²) in [6.45, 7) is 4.78. The minimum Gasteiger partial charge on any atom is -0.380 e. The van der Waals surface area contributed by atoms with E-state index < -0.39 is 0 Å². The summed E-state index contributed by atoms with van der Waals surface area (Å²) in [4.78, 5) is 0. The molecule has 0 aliphatic carbocycles. The van der Waals surface area contributed by atoms with E-state index in [1.165, 1.54) is 5.56 Å². The molecule has 0 heterocycles. The van der Waals surface area contributed by atoms with Gasteiger partial charge in [-0.2, -0.15) is 0 Å². The van der Waals surface area contributed by atoms with E-state index in [-0.39, 0.29) is 5.38 Å². The first-order valence-electron chi connectivity index (χ1n) is 6.16. The molecule has 1 rings (SSSR count). The first-order chi connectivity index (χ1) is 8.33. The van der Waals surface area contributed by atoms with E-state index in [4.69, 9.17) is 21.1 Å². The van der Waals surface area contributed by atoms with Gasteiger partial charge in [-0.1, -0.05) is 30.3 Å². The lowest BCUT2D eigenvalue weighted by atomic mass is 10.2. The van der Waals surface area contributed by atoms with Crippen LogP contribution in [0.5, 0.6) is 0 Å². The van der Waals surface area contributed by atoms with Crippen molar-refractivity contribution in [3.63, 3.8) is 0 Å². The summed E-state index contributed by atoms with van der Waals surface area (Å²) in [6, 6.07) is 10.2. The highest BCUT2D eigenvalue weighted by Crippen LogP contribution is 2.07. The van der Waals surface area contributed by atoms with Crippen LogP contribution in [0.25, 0.3) is 0 Å². The Kier molecular flexibility index (Phi) is 8.06. The van der Waals surface area contributed by atoms with Crippen LogP contribution in [0.4, 0.5) is 0 Å². The SMILES string of the molecule is CCOCC(Cl)CCCOCc1ccccc1. The Labute approximate surface area is 109 Å². The van der Waals surface area contributed by atoms with Gasteiger partial charge < -0.3 is 9.47 Å². The third-order valence-corrected chi connectivity index (χ3v) is 2.76. The number of ether oxygens (including phenoxy) is 2. The molecular weight excluding hydrogens is 236 g/mol. The van der Waals surface area contributed by atoms with Gasteiger partial charge in [0.2, 0.25) is 0 Å². The maximum Gasteiger partial charge on any atom is 0.0716 e. The molecule has 0 saturated carbocycles. The van der Waals surface area contributed by atoms with Crippen LogP contribution in [-0.4, -0.2) is 25.2 Å². The van der Waals surface area contributed by atoms with Gasteiger partial charge in [-0.25, -0.2) is 0 Å². The van der Waals surface area contributed by atoms with E-state index in [0.717, 1.165) is 26.1 Å². The molecule has 0 aliphatic rings. The lowest BCUT2D eigenvalue weighted by Gasteiger charge is -2.09. The smallest absolute Gasteiger partial charge is 0.0716 e. The van der Waals surface area contributed by atoms with Crippen LogP contribution in [0, 0.1) is 0 Å². The van der Waals surface area contributed by atoms with Gasteiger partial charge in [0, 0.05) is 13.2 Å². The van der Waals surface area contributed by atoms with Crippen LogP contribution in [0.1, 0.15) is 25.3 Å². The molecule has 17 heavy (non-hydrogen) atoms. The fraction of sp³-hybridized carbons (Fsp3) is 0.571. The molecule has 1 unspecified atom stereocenters. The molecule has 0 spiro atoms. The monoisotopic (exact) mass is 256 g/mol. The molecule has 2 nitrogen and oxygen atoms in total. The van der Waals surface area contributed by atoms with Crippen molar-refractivity contribution in [3.8, 4) is 0 Å². The number of hydrogen-bond acceptors (Lipinski definition) is 2. The highest BCUT2D eigenvalue weighted by molar-refractivity contribution is 6.20. The fourth-order valence-corrected chi connectivity index (χ4v) is 1.74. The van der Waals surface area contributed by atoms with Crippen LogP contribution in [-0.2, 0) is 16.1 Å². The normalized spacial score (nSPS) is 12.6. The Balaban J connectivity index is 1.97. The van der Waals surface area contributed by atoms with Gasteiger partial charge in [-0.3, -0.25) is 0 Å². The summed E-state index contributed by atoms with van der Waals surface area (Å²) >= 11 is 6.07. The Morgan fingerprint density at radius 1 is 1.18 bits per heavy atom. The fourth-order valence-electron chi connectivity index (χ4n) is 1.50. The maximum atomic E-state index is 6.07. The van der Waals surface area contributed by atoms with Crippen molar-refractivity contribution in [3.05, 3.63) is 35.9 Å². The highest BCUT2D eigenvalue weighted by atomic mass is 35.5. The molecule has 1 aromatic rings. The zero-order chi connectivity index (χ0) is 12.3. The zero-order valence-electron chi connectivity index (χ0n) is 10.4. The molecule has 96 valence electrons. The third-order valence-electron chi connectivity index (χ3n) is 2.42. The summed E-state index contributed by atoms with van der Waals surface area (Å²) in [5.41, 5.74) is 1.21. The molecule has 0 aliphatic heterocycles. The first kappa shape index (κ1) is 14.5. The predicted molar refractivity (Wildman–Crippen MR) is 71.5 cm³/mol.